The van der Waals surface area contributed by atoms with E-state index in [2.05, 4.69) is 4.99 Å². The SMILES string of the molecule is Fc1cccc2c1CCC[C@@]21CN2C=C(C(F)(F)F)C=C(Cl)C2=N1. The van der Waals surface area contributed by atoms with Crippen LogP contribution in [0.5, 0.6) is 0 Å². The molecule has 7 heteroatoms. The normalized spacial score (nSPS) is 25.9. The van der Waals surface area contributed by atoms with E-state index in [-0.39, 0.29) is 17.4 Å². The van der Waals surface area contributed by atoms with Crippen LogP contribution in [0.15, 0.2) is 46.1 Å². The summed E-state index contributed by atoms with van der Waals surface area (Å²) in [6.07, 6.45) is -0.545. The van der Waals surface area contributed by atoms with Gasteiger partial charge in [0, 0.05) is 6.20 Å². The van der Waals surface area contributed by atoms with Gasteiger partial charge in [-0.2, -0.15) is 13.2 Å². The number of fused-ring (bicyclic) bond motifs is 3. The number of hydrogen-bond acceptors (Lipinski definition) is 2. The molecule has 0 radical (unpaired) electrons. The van der Waals surface area contributed by atoms with Gasteiger partial charge in [0.25, 0.3) is 0 Å². The van der Waals surface area contributed by atoms with E-state index in [0.717, 1.165) is 24.3 Å². The summed E-state index contributed by atoms with van der Waals surface area (Å²) in [7, 11) is 0. The van der Waals surface area contributed by atoms with Crippen LogP contribution in [0.25, 0.3) is 0 Å². The fourth-order valence-electron chi connectivity index (χ4n) is 3.74. The molecule has 0 aromatic heterocycles. The molecule has 2 heterocycles. The molecule has 0 fully saturated rings. The van der Waals surface area contributed by atoms with Crippen LogP contribution >= 0.6 is 11.6 Å². The van der Waals surface area contributed by atoms with E-state index in [1.165, 1.54) is 11.0 Å². The first kappa shape index (κ1) is 15.7. The average molecular weight is 357 g/mol. The zero-order valence-corrected chi connectivity index (χ0v) is 13.3. The van der Waals surface area contributed by atoms with Gasteiger partial charge in [-0.05, 0) is 42.5 Å². The predicted molar refractivity (Wildman–Crippen MR) is 83.2 cm³/mol. The van der Waals surface area contributed by atoms with Gasteiger partial charge in [-0.25, -0.2) is 4.39 Å². The molecule has 0 amide bonds. The molecule has 0 saturated heterocycles. The molecular weight excluding hydrogens is 344 g/mol. The Morgan fingerprint density at radius 1 is 1.25 bits per heavy atom. The number of rotatable bonds is 0. The summed E-state index contributed by atoms with van der Waals surface area (Å²) in [5.41, 5.74) is -0.190. The minimum absolute atomic E-state index is 0.0368. The van der Waals surface area contributed by atoms with E-state index in [0.29, 0.717) is 24.2 Å². The van der Waals surface area contributed by atoms with E-state index in [9.17, 15) is 17.6 Å². The van der Waals surface area contributed by atoms with E-state index < -0.39 is 17.3 Å². The minimum Gasteiger partial charge on any atom is -0.329 e. The number of nitrogens with zero attached hydrogens (tertiary/aromatic N) is 2. The highest BCUT2D eigenvalue weighted by Gasteiger charge is 2.46. The highest BCUT2D eigenvalue weighted by Crippen LogP contribution is 2.46. The number of benzene rings is 1. The Bertz CT molecular complexity index is 809. The Morgan fingerprint density at radius 3 is 2.79 bits per heavy atom. The molecule has 126 valence electrons. The maximum atomic E-state index is 14.1. The van der Waals surface area contributed by atoms with Crippen LogP contribution in [0.3, 0.4) is 0 Å². The third-order valence-electron chi connectivity index (χ3n) is 4.78. The highest BCUT2D eigenvalue weighted by atomic mass is 35.5. The molecule has 4 rings (SSSR count). The first-order chi connectivity index (χ1) is 11.3. The number of amidine groups is 1. The predicted octanol–water partition coefficient (Wildman–Crippen LogP) is 4.65. The van der Waals surface area contributed by atoms with Gasteiger partial charge in [0.05, 0.1) is 17.2 Å². The van der Waals surface area contributed by atoms with Crippen LogP contribution in [-0.2, 0) is 12.0 Å². The van der Waals surface area contributed by atoms with Gasteiger partial charge in [0.15, 0.2) is 0 Å². The van der Waals surface area contributed by atoms with Crippen LogP contribution < -0.4 is 0 Å². The second kappa shape index (κ2) is 5.09. The highest BCUT2D eigenvalue weighted by molar-refractivity contribution is 6.43. The van der Waals surface area contributed by atoms with Crippen molar-refractivity contribution in [1.82, 2.24) is 4.90 Å². The van der Waals surface area contributed by atoms with E-state index in [1.54, 1.807) is 6.07 Å². The first-order valence-electron chi connectivity index (χ1n) is 7.61. The Morgan fingerprint density at radius 2 is 2.04 bits per heavy atom. The van der Waals surface area contributed by atoms with Gasteiger partial charge in [-0.15, -0.1) is 0 Å². The molecular formula is C17H13ClF4N2. The lowest BCUT2D eigenvalue weighted by Crippen LogP contribution is -2.36. The van der Waals surface area contributed by atoms with Gasteiger partial charge in [0.2, 0.25) is 0 Å². The molecule has 0 N–H and O–H groups in total. The quantitative estimate of drug-likeness (QED) is 0.618. The molecule has 0 unspecified atom stereocenters. The second-order valence-corrected chi connectivity index (χ2v) is 6.70. The maximum Gasteiger partial charge on any atom is 0.417 e. The van der Waals surface area contributed by atoms with Crippen molar-refractivity contribution in [2.24, 2.45) is 4.99 Å². The standard InChI is InChI=1S/C17H13ClF4N2/c18-13-7-10(17(20,21)22)8-24-9-16(23-15(13)24)6-2-3-11-12(16)4-1-5-14(11)19/h1,4-5,7-8H,2-3,6,9H2/t16-/m1/s1. The minimum atomic E-state index is -4.47. The summed E-state index contributed by atoms with van der Waals surface area (Å²) in [6.45, 7) is 0.239. The molecule has 0 bridgehead atoms. The molecule has 3 aliphatic rings. The number of aliphatic imine (C=N–C) groups is 1. The smallest absolute Gasteiger partial charge is 0.329 e. The van der Waals surface area contributed by atoms with E-state index in [1.807, 2.05) is 6.07 Å². The molecule has 1 aromatic carbocycles. The van der Waals surface area contributed by atoms with Crippen LogP contribution in [0, 0.1) is 5.82 Å². The Hall–Kier alpha value is -1.82. The third-order valence-corrected chi connectivity index (χ3v) is 5.06. The Labute approximate surface area is 141 Å². The molecule has 1 spiro atoms. The van der Waals surface area contributed by atoms with Crippen LogP contribution in [0.1, 0.15) is 24.0 Å². The van der Waals surface area contributed by atoms with Gasteiger partial charge in [-0.1, -0.05) is 23.7 Å². The fraction of sp³-hybridized carbons (Fsp3) is 0.353. The average Bonchev–Trinajstić information content (AvgIpc) is 2.87. The van der Waals surface area contributed by atoms with Crippen molar-refractivity contribution in [3.63, 3.8) is 0 Å². The van der Waals surface area contributed by atoms with Crippen LogP contribution in [-0.4, -0.2) is 23.5 Å². The lowest BCUT2D eigenvalue weighted by molar-refractivity contribution is -0.0891. The van der Waals surface area contributed by atoms with Crippen molar-refractivity contribution in [2.75, 3.05) is 6.54 Å². The van der Waals surface area contributed by atoms with Crippen molar-refractivity contribution >= 4 is 17.4 Å². The molecule has 1 aliphatic carbocycles. The van der Waals surface area contributed by atoms with Gasteiger partial charge < -0.3 is 4.90 Å². The first-order valence-corrected chi connectivity index (χ1v) is 7.99. The topological polar surface area (TPSA) is 15.6 Å². The van der Waals surface area contributed by atoms with E-state index in [4.69, 9.17) is 11.6 Å². The Balaban J connectivity index is 1.81. The lowest BCUT2D eigenvalue weighted by atomic mass is 9.77. The molecule has 1 atom stereocenters. The largest absolute Gasteiger partial charge is 0.417 e. The summed E-state index contributed by atoms with van der Waals surface area (Å²) in [5.74, 6) is 0.0339. The summed E-state index contributed by atoms with van der Waals surface area (Å²) >= 11 is 6.05. The molecule has 2 nitrogen and oxygen atoms in total. The summed E-state index contributed by atoms with van der Waals surface area (Å²) in [5, 5.41) is -0.0368. The molecule has 24 heavy (non-hydrogen) atoms. The zero-order valence-electron chi connectivity index (χ0n) is 12.5. The summed E-state index contributed by atoms with van der Waals surface area (Å²) < 4.78 is 53.1. The summed E-state index contributed by atoms with van der Waals surface area (Å²) in [6, 6.07) is 4.83. The number of alkyl halides is 3. The maximum absolute atomic E-state index is 14.1. The van der Waals surface area contributed by atoms with E-state index >= 15 is 0 Å². The number of halogens is 5. The third kappa shape index (κ3) is 2.27. The van der Waals surface area contributed by atoms with Crippen LogP contribution in [0.2, 0.25) is 0 Å². The van der Waals surface area contributed by atoms with Gasteiger partial charge in [0.1, 0.15) is 17.2 Å². The molecule has 0 saturated carbocycles. The van der Waals surface area contributed by atoms with Crippen molar-refractivity contribution in [1.29, 1.82) is 0 Å². The zero-order chi connectivity index (χ0) is 17.1. The molecule has 1 aromatic rings. The monoisotopic (exact) mass is 356 g/mol. The van der Waals surface area contributed by atoms with Gasteiger partial charge >= 0.3 is 6.18 Å². The lowest BCUT2D eigenvalue weighted by Gasteiger charge is -2.34. The van der Waals surface area contributed by atoms with Crippen molar-refractivity contribution in [2.45, 2.75) is 31.0 Å². The molecule has 2 aliphatic heterocycles. The fourth-order valence-corrected chi connectivity index (χ4v) is 4.01. The van der Waals surface area contributed by atoms with Gasteiger partial charge in [-0.3, -0.25) is 4.99 Å². The van der Waals surface area contributed by atoms with Crippen molar-refractivity contribution in [3.8, 4) is 0 Å². The number of hydrogen-bond donors (Lipinski definition) is 0. The van der Waals surface area contributed by atoms with Crippen molar-refractivity contribution < 1.29 is 17.6 Å². The Kier molecular flexibility index (Phi) is 3.33. The number of allylic oxidation sites excluding steroid dienone is 2. The second-order valence-electron chi connectivity index (χ2n) is 6.29. The summed E-state index contributed by atoms with van der Waals surface area (Å²) in [4.78, 5) is 6.08. The van der Waals surface area contributed by atoms with Crippen LogP contribution in [0.4, 0.5) is 17.6 Å². The van der Waals surface area contributed by atoms with Crippen molar-refractivity contribution in [3.05, 3.63) is 58.0 Å².